The van der Waals surface area contributed by atoms with E-state index in [0.29, 0.717) is 23.1 Å². The number of hydrogen-bond donors (Lipinski definition) is 2. The molecule has 2 aromatic rings. The molecule has 1 heterocycles. The smallest absolute Gasteiger partial charge is 0.337 e. The van der Waals surface area contributed by atoms with Crippen molar-refractivity contribution in [3.05, 3.63) is 47.8 Å². The Morgan fingerprint density at radius 3 is 2.50 bits per heavy atom. The van der Waals surface area contributed by atoms with E-state index < -0.39 is 5.97 Å². The molecular weight excluding hydrogens is 308 g/mol. The Morgan fingerprint density at radius 1 is 1.17 bits per heavy atom. The van der Waals surface area contributed by atoms with E-state index in [-0.39, 0.29) is 11.6 Å². The van der Waals surface area contributed by atoms with Gasteiger partial charge >= 0.3 is 5.97 Å². The van der Waals surface area contributed by atoms with Crippen LogP contribution in [0.25, 0.3) is 0 Å². The van der Waals surface area contributed by atoms with Crippen LogP contribution in [0, 0.1) is 5.92 Å². The van der Waals surface area contributed by atoms with E-state index in [2.05, 4.69) is 39.2 Å². The van der Waals surface area contributed by atoms with Crippen molar-refractivity contribution in [1.29, 1.82) is 0 Å². The number of rotatable bonds is 6. The number of hydrogen-bond acceptors (Lipinski definition) is 6. The molecule has 0 aliphatic rings. The van der Waals surface area contributed by atoms with Gasteiger partial charge in [0.2, 0.25) is 5.95 Å². The molecule has 24 heavy (non-hydrogen) atoms. The van der Waals surface area contributed by atoms with Crippen LogP contribution in [0.15, 0.2) is 36.5 Å². The molecule has 0 aliphatic carbocycles. The lowest BCUT2D eigenvalue weighted by molar-refractivity contribution is 0.0600. The predicted molar refractivity (Wildman–Crippen MR) is 91.1 cm³/mol. The van der Waals surface area contributed by atoms with Crippen molar-refractivity contribution in [2.24, 2.45) is 5.92 Å². The highest BCUT2D eigenvalue weighted by Crippen LogP contribution is 2.12. The summed E-state index contributed by atoms with van der Waals surface area (Å²) in [6.45, 7) is 4.86. The molecule has 0 atom stereocenters. The molecule has 7 heteroatoms. The highest BCUT2D eigenvalue weighted by molar-refractivity contribution is 6.03. The topological polar surface area (TPSA) is 93.2 Å². The normalized spacial score (nSPS) is 10.3. The Kier molecular flexibility index (Phi) is 5.83. The lowest BCUT2D eigenvalue weighted by Crippen LogP contribution is -2.16. The zero-order valence-electron chi connectivity index (χ0n) is 13.9. The summed E-state index contributed by atoms with van der Waals surface area (Å²) in [6, 6.07) is 7.96. The SMILES string of the molecule is COC(=O)c1ccc(NC(=O)c2ccnc(NCC(C)C)n2)cc1. The van der Waals surface area contributed by atoms with Crippen molar-refractivity contribution in [3.8, 4) is 0 Å². The molecule has 0 saturated heterocycles. The average molecular weight is 328 g/mol. The van der Waals surface area contributed by atoms with E-state index in [4.69, 9.17) is 0 Å². The number of ether oxygens (including phenoxy) is 1. The molecule has 0 bridgehead atoms. The molecule has 0 spiro atoms. The van der Waals surface area contributed by atoms with Gasteiger partial charge in [-0.3, -0.25) is 4.79 Å². The van der Waals surface area contributed by atoms with Crippen molar-refractivity contribution >= 4 is 23.5 Å². The zero-order chi connectivity index (χ0) is 17.5. The molecule has 1 amide bonds. The van der Waals surface area contributed by atoms with E-state index in [1.54, 1.807) is 30.3 Å². The molecule has 126 valence electrons. The van der Waals surface area contributed by atoms with Gasteiger partial charge in [0.1, 0.15) is 5.69 Å². The Morgan fingerprint density at radius 2 is 1.88 bits per heavy atom. The maximum Gasteiger partial charge on any atom is 0.337 e. The van der Waals surface area contributed by atoms with Crippen LogP contribution in [0.5, 0.6) is 0 Å². The number of carbonyl (C=O) groups excluding carboxylic acids is 2. The fraction of sp³-hybridized carbons (Fsp3) is 0.294. The van der Waals surface area contributed by atoms with Gasteiger partial charge in [0.15, 0.2) is 0 Å². The van der Waals surface area contributed by atoms with Gasteiger partial charge in [0.25, 0.3) is 5.91 Å². The second-order valence-electron chi connectivity index (χ2n) is 5.56. The van der Waals surface area contributed by atoms with Gasteiger partial charge in [-0.1, -0.05) is 13.8 Å². The third kappa shape index (κ3) is 4.77. The minimum absolute atomic E-state index is 0.258. The van der Waals surface area contributed by atoms with Crippen molar-refractivity contribution < 1.29 is 14.3 Å². The summed E-state index contributed by atoms with van der Waals surface area (Å²) in [7, 11) is 1.32. The maximum absolute atomic E-state index is 12.3. The number of anilines is 2. The molecule has 0 radical (unpaired) electrons. The Balaban J connectivity index is 2.04. The van der Waals surface area contributed by atoms with Crippen molar-refractivity contribution in [2.75, 3.05) is 24.3 Å². The van der Waals surface area contributed by atoms with Gasteiger partial charge in [0.05, 0.1) is 12.7 Å². The monoisotopic (exact) mass is 328 g/mol. The molecule has 1 aromatic heterocycles. The molecule has 0 saturated carbocycles. The molecule has 1 aromatic carbocycles. The van der Waals surface area contributed by atoms with Crippen molar-refractivity contribution in [1.82, 2.24) is 9.97 Å². The fourth-order valence-electron chi connectivity index (χ4n) is 1.87. The standard InChI is InChI=1S/C17H20N4O3/c1-11(2)10-19-17-18-9-8-14(21-17)15(22)20-13-6-4-12(5-7-13)16(23)24-3/h4-9,11H,10H2,1-3H3,(H,20,22)(H,18,19,21). The minimum atomic E-state index is -0.426. The molecule has 2 rings (SSSR count). The van der Waals surface area contributed by atoms with Gasteiger partial charge in [-0.15, -0.1) is 0 Å². The number of nitrogens with one attached hydrogen (secondary N) is 2. The summed E-state index contributed by atoms with van der Waals surface area (Å²) in [5.74, 6) is 0.0807. The van der Waals surface area contributed by atoms with E-state index in [0.717, 1.165) is 6.54 Å². The highest BCUT2D eigenvalue weighted by atomic mass is 16.5. The highest BCUT2D eigenvalue weighted by Gasteiger charge is 2.10. The molecule has 0 fully saturated rings. The maximum atomic E-state index is 12.3. The first-order valence-corrected chi connectivity index (χ1v) is 7.56. The Labute approximate surface area is 140 Å². The molecule has 0 aliphatic heterocycles. The van der Waals surface area contributed by atoms with Crippen LogP contribution in [0.2, 0.25) is 0 Å². The summed E-state index contributed by atoms with van der Waals surface area (Å²) < 4.78 is 4.63. The first-order valence-electron chi connectivity index (χ1n) is 7.56. The van der Waals surface area contributed by atoms with Crippen LogP contribution in [0.4, 0.5) is 11.6 Å². The number of nitrogens with zero attached hydrogens (tertiary/aromatic N) is 2. The van der Waals surface area contributed by atoms with Crippen LogP contribution in [-0.2, 0) is 4.74 Å². The number of benzene rings is 1. The number of methoxy groups -OCH3 is 1. The summed E-state index contributed by atoms with van der Waals surface area (Å²) in [4.78, 5) is 31.9. The van der Waals surface area contributed by atoms with Gasteiger partial charge in [-0.25, -0.2) is 14.8 Å². The third-order valence-corrected chi connectivity index (χ3v) is 3.12. The van der Waals surface area contributed by atoms with Crippen LogP contribution in [0.1, 0.15) is 34.7 Å². The van der Waals surface area contributed by atoms with Crippen LogP contribution >= 0.6 is 0 Å². The molecular formula is C17H20N4O3. The lowest BCUT2D eigenvalue weighted by Gasteiger charge is -2.09. The van der Waals surface area contributed by atoms with E-state index in [1.165, 1.54) is 13.3 Å². The summed E-state index contributed by atoms with van der Waals surface area (Å²) >= 11 is 0. The van der Waals surface area contributed by atoms with Crippen molar-refractivity contribution in [2.45, 2.75) is 13.8 Å². The first kappa shape index (κ1) is 17.4. The van der Waals surface area contributed by atoms with E-state index >= 15 is 0 Å². The summed E-state index contributed by atoms with van der Waals surface area (Å²) in [5, 5.41) is 5.80. The second-order valence-corrected chi connectivity index (χ2v) is 5.56. The number of amides is 1. The largest absolute Gasteiger partial charge is 0.465 e. The third-order valence-electron chi connectivity index (χ3n) is 3.12. The quantitative estimate of drug-likeness (QED) is 0.792. The minimum Gasteiger partial charge on any atom is -0.465 e. The number of carbonyl (C=O) groups is 2. The lowest BCUT2D eigenvalue weighted by atomic mass is 10.2. The zero-order valence-corrected chi connectivity index (χ0v) is 13.9. The molecule has 2 N–H and O–H groups in total. The number of esters is 1. The Hall–Kier alpha value is -2.96. The van der Waals surface area contributed by atoms with Crippen LogP contribution in [-0.4, -0.2) is 35.5 Å². The molecule has 7 nitrogen and oxygen atoms in total. The van der Waals surface area contributed by atoms with Crippen LogP contribution in [0.3, 0.4) is 0 Å². The summed E-state index contributed by atoms with van der Waals surface area (Å²) in [6.07, 6.45) is 1.53. The fourth-order valence-corrected chi connectivity index (χ4v) is 1.87. The van der Waals surface area contributed by atoms with Gasteiger partial charge < -0.3 is 15.4 Å². The van der Waals surface area contributed by atoms with Crippen LogP contribution < -0.4 is 10.6 Å². The Bertz CT molecular complexity index is 714. The van der Waals surface area contributed by atoms with E-state index in [1.807, 2.05) is 0 Å². The van der Waals surface area contributed by atoms with Gasteiger partial charge in [-0.05, 0) is 36.2 Å². The van der Waals surface area contributed by atoms with Gasteiger partial charge in [-0.2, -0.15) is 0 Å². The number of aromatic nitrogens is 2. The van der Waals surface area contributed by atoms with Crippen molar-refractivity contribution in [3.63, 3.8) is 0 Å². The van der Waals surface area contributed by atoms with E-state index in [9.17, 15) is 9.59 Å². The summed E-state index contributed by atoms with van der Waals surface area (Å²) in [5.41, 5.74) is 1.23. The van der Waals surface area contributed by atoms with Gasteiger partial charge in [0, 0.05) is 18.4 Å². The second kappa shape index (κ2) is 8.05. The predicted octanol–water partition coefficient (Wildman–Crippen LogP) is 2.58. The average Bonchev–Trinajstić information content (AvgIpc) is 2.60. The first-order chi connectivity index (χ1) is 11.5. The molecule has 0 unspecified atom stereocenters.